The van der Waals surface area contributed by atoms with Gasteiger partial charge in [0.2, 0.25) is 5.91 Å². The smallest absolute Gasteiger partial charge is 0.223 e. The van der Waals surface area contributed by atoms with Crippen LogP contribution in [0.4, 0.5) is 10.9 Å². The number of rotatable bonds is 5. The Bertz CT molecular complexity index is 858. The minimum atomic E-state index is -0.723. The van der Waals surface area contributed by atoms with Gasteiger partial charge in [0, 0.05) is 24.7 Å². The van der Waals surface area contributed by atoms with Crippen molar-refractivity contribution in [3.05, 3.63) is 34.5 Å². The molecule has 26 heavy (non-hydrogen) atoms. The van der Waals surface area contributed by atoms with Gasteiger partial charge in [0.25, 0.3) is 0 Å². The Hall–Kier alpha value is -2.61. The lowest BCUT2D eigenvalue weighted by Crippen LogP contribution is -2.29. The van der Waals surface area contributed by atoms with Gasteiger partial charge in [0.1, 0.15) is 5.82 Å². The number of ketones is 2. The maximum atomic E-state index is 12.8. The molecule has 8 heteroatoms. The topological polar surface area (TPSA) is 101 Å². The molecule has 1 atom stereocenters. The summed E-state index contributed by atoms with van der Waals surface area (Å²) in [6, 6.07) is 3.68. The van der Waals surface area contributed by atoms with Crippen LogP contribution in [0.2, 0.25) is 0 Å². The van der Waals surface area contributed by atoms with Crippen molar-refractivity contribution in [2.45, 2.75) is 39.7 Å². The highest BCUT2D eigenvalue weighted by Gasteiger charge is 2.36. The van der Waals surface area contributed by atoms with Crippen LogP contribution in [0.15, 0.2) is 18.3 Å². The average Bonchev–Trinajstić information content (AvgIpc) is 2.97. The molecule has 0 bridgehead atoms. The van der Waals surface area contributed by atoms with Crippen molar-refractivity contribution in [3.63, 3.8) is 0 Å². The predicted molar refractivity (Wildman–Crippen MR) is 99.9 cm³/mol. The van der Waals surface area contributed by atoms with E-state index in [1.165, 1.54) is 13.1 Å². The van der Waals surface area contributed by atoms with Crippen molar-refractivity contribution >= 4 is 39.8 Å². The molecule has 2 aromatic rings. The van der Waals surface area contributed by atoms with Gasteiger partial charge in [0.15, 0.2) is 16.7 Å². The Morgan fingerprint density at radius 2 is 2.08 bits per heavy atom. The van der Waals surface area contributed by atoms with E-state index in [2.05, 4.69) is 20.6 Å². The van der Waals surface area contributed by atoms with Crippen LogP contribution in [0.3, 0.4) is 0 Å². The lowest BCUT2D eigenvalue weighted by atomic mass is 9.84. The van der Waals surface area contributed by atoms with Crippen molar-refractivity contribution < 1.29 is 14.4 Å². The molecule has 1 aliphatic rings. The lowest BCUT2D eigenvalue weighted by Gasteiger charge is -2.18. The summed E-state index contributed by atoms with van der Waals surface area (Å²) >= 11 is 1.13. The first-order valence-corrected chi connectivity index (χ1v) is 9.25. The van der Waals surface area contributed by atoms with Gasteiger partial charge in [-0.05, 0) is 38.8 Å². The second-order valence-corrected chi connectivity index (χ2v) is 7.53. The second-order valence-electron chi connectivity index (χ2n) is 6.53. The van der Waals surface area contributed by atoms with Gasteiger partial charge in [0.05, 0.1) is 16.5 Å². The lowest BCUT2D eigenvalue weighted by molar-refractivity contribution is -0.114. The zero-order valence-electron chi connectivity index (χ0n) is 14.8. The molecule has 2 N–H and O–H groups in total. The number of hydrogen-bond acceptors (Lipinski definition) is 7. The number of carbonyl (C=O) groups excluding carboxylic acids is 3. The average molecular weight is 372 g/mol. The number of nitrogens with one attached hydrogen (secondary N) is 2. The third-order valence-corrected chi connectivity index (χ3v) is 5.02. The number of aromatic nitrogens is 2. The molecule has 0 aromatic carbocycles. The first-order chi connectivity index (χ1) is 12.3. The van der Waals surface area contributed by atoms with Gasteiger partial charge < -0.3 is 10.6 Å². The normalized spacial score (nSPS) is 16.3. The third-order valence-electron chi connectivity index (χ3n) is 3.99. The molecule has 0 saturated heterocycles. The van der Waals surface area contributed by atoms with E-state index in [1.54, 1.807) is 12.1 Å². The second kappa shape index (κ2) is 7.33. The molecular weight excluding hydrogens is 352 g/mol. The fourth-order valence-corrected chi connectivity index (χ4v) is 3.91. The maximum absolute atomic E-state index is 12.8. The van der Waals surface area contributed by atoms with E-state index in [4.69, 9.17) is 0 Å². The molecule has 0 fully saturated rings. The number of nitrogens with zero attached hydrogens (tertiary/aromatic N) is 2. The summed E-state index contributed by atoms with van der Waals surface area (Å²) in [5, 5.41) is 6.15. The van der Waals surface area contributed by atoms with E-state index in [9.17, 15) is 14.4 Å². The summed E-state index contributed by atoms with van der Waals surface area (Å²) in [5.41, 5.74) is 1.08. The van der Waals surface area contributed by atoms with Crippen LogP contribution in [-0.2, 0) is 11.2 Å². The van der Waals surface area contributed by atoms with E-state index in [0.29, 0.717) is 39.9 Å². The first-order valence-electron chi connectivity index (χ1n) is 8.43. The molecule has 1 aliphatic carbocycles. The van der Waals surface area contributed by atoms with Gasteiger partial charge in [-0.15, -0.1) is 0 Å². The summed E-state index contributed by atoms with van der Waals surface area (Å²) in [5.74, 6) is -0.721. The Kier molecular flexibility index (Phi) is 5.13. The number of anilines is 2. The van der Waals surface area contributed by atoms with Crippen molar-refractivity contribution in [1.29, 1.82) is 0 Å². The molecule has 1 unspecified atom stereocenters. The number of carbonyl (C=O) groups is 3. The Labute approximate surface area is 155 Å². The SMILES string of the molecule is CC(=O)Nc1nc2c(s1)C(=O)C(C(=O)c1ccc(NC(C)C)nc1)CC2. The highest BCUT2D eigenvalue weighted by atomic mass is 32.1. The number of fused-ring (bicyclic) bond motifs is 1. The minimum Gasteiger partial charge on any atom is -0.368 e. The van der Waals surface area contributed by atoms with Crippen molar-refractivity contribution in [2.75, 3.05) is 10.6 Å². The zero-order valence-corrected chi connectivity index (χ0v) is 15.6. The number of thiazole rings is 1. The number of pyridine rings is 1. The fourth-order valence-electron chi connectivity index (χ4n) is 2.86. The van der Waals surface area contributed by atoms with Crippen LogP contribution >= 0.6 is 11.3 Å². The summed E-state index contributed by atoms with van der Waals surface area (Å²) < 4.78 is 0. The summed E-state index contributed by atoms with van der Waals surface area (Å²) in [6.07, 6.45) is 2.46. The zero-order chi connectivity index (χ0) is 18.8. The summed E-state index contributed by atoms with van der Waals surface area (Å²) in [4.78, 5) is 45.7. The molecule has 0 aliphatic heterocycles. The molecular formula is C18H20N4O3S. The van der Waals surface area contributed by atoms with Gasteiger partial charge in [-0.2, -0.15) is 0 Å². The van der Waals surface area contributed by atoms with E-state index >= 15 is 0 Å². The first kappa shape index (κ1) is 18.2. The number of Topliss-reactive ketones (excluding diaryl/α,β-unsaturated/α-hetero) is 2. The number of amides is 1. The summed E-state index contributed by atoms with van der Waals surface area (Å²) in [7, 11) is 0. The monoisotopic (exact) mass is 372 g/mol. The van der Waals surface area contributed by atoms with Gasteiger partial charge >= 0.3 is 0 Å². The Morgan fingerprint density at radius 3 is 2.69 bits per heavy atom. The minimum absolute atomic E-state index is 0.223. The Balaban J connectivity index is 1.77. The standard InChI is InChI=1S/C18H20N4O3S/c1-9(2)20-14-7-4-11(8-19-14)15(24)12-5-6-13-17(16(12)25)26-18(22-13)21-10(3)23/h4,7-9,12H,5-6H2,1-3H3,(H,19,20)(H,21,22,23). The van der Waals surface area contributed by atoms with Crippen LogP contribution in [0.25, 0.3) is 0 Å². The quantitative estimate of drug-likeness (QED) is 0.618. The molecule has 3 rings (SSSR count). The van der Waals surface area contributed by atoms with Crippen molar-refractivity contribution in [1.82, 2.24) is 9.97 Å². The van der Waals surface area contributed by atoms with Crippen LogP contribution in [0.1, 0.15) is 52.9 Å². The molecule has 7 nitrogen and oxygen atoms in total. The fraction of sp³-hybridized carbons (Fsp3) is 0.389. The molecule has 2 aromatic heterocycles. The van der Waals surface area contributed by atoms with Crippen LogP contribution in [0.5, 0.6) is 0 Å². The molecule has 2 heterocycles. The number of hydrogen-bond donors (Lipinski definition) is 2. The highest BCUT2D eigenvalue weighted by Crippen LogP contribution is 2.33. The van der Waals surface area contributed by atoms with E-state index in [-0.39, 0.29) is 23.5 Å². The molecule has 0 spiro atoms. The van der Waals surface area contributed by atoms with E-state index < -0.39 is 5.92 Å². The van der Waals surface area contributed by atoms with Crippen LogP contribution in [-0.4, -0.2) is 33.5 Å². The molecule has 1 amide bonds. The van der Waals surface area contributed by atoms with E-state index in [0.717, 1.165) is 11.3 Å². The van der Waals surface area contributed by atoms with E-state index in [1.807, 2.05) is 13.8 Å². The van der Waals surface area contributed by atoms with Gasteiger partial charge in [-0.3, -0.25) is 14.4 Å². The predicted octanol–water partition coefficient (Wildman–Crippen LogP) is 2.94. The van der Waals surface area contributed by atoms with Gasteiger partial charge in [-0.25, -0.2) is 9.97 Å². The summed E-state index contributed by atoms with van der Waals surface area (Å²) in [6.45, 7) is 5.39. The van der Waals surface area contributed by atoms with Crippen molar-refractivity contribution in [3.8, 4) is 0 Å². The number of aryl methyl sites for hydroxylation is 1. The van der Waals surface area contributed by atoms with Crippen LogP contribution < -0.4 is 10.6 Å². The Morgan fingerprint density at radius 1 is 1.31 bits per heavy atom. The maximum Gasteiger partial charge on any atom is 0.223 e. The van der Waals surface area contributed by atoms with Crippen molar-refractivity contribution in [2.24, 2.45) is 5.92 Å². The molecule has 136 valence electrons. The largest absolute Gasteiger partial charge is 0.368 e. The van der Waals surface area contributed by atoms with Gasteiger partial charge in [-0.1, -0.05) is 11.3 Å². The molecule has 0 saturated carbocycles. The van der Waals surface area contributed by atoms with Crippen LogP contribution in [0, 0.1) is 5.92 Å². The highest BCUT2D eigenvalue weighted by molar-refractivity contribution is 7.17. The third kappa shape index (κ3) is 3.80. The molecule has 0 radical (unpaired) electrons.